The van der Waals surface area contributed by atoms with Gasteiger partial charge in [-0.2, -0.15) is 0 Å². The molecule has 0 bridgehead atoms. The SMILES string of the molecule is Cc1cc(/C(O)=C2/C(=O)C(=O)N(Cc3ccncc3)C2c2ccc(C(C)C)cc2)ccc1OCC(C)C. The van der Waals surface area contributed by atoms with Crippen LogP contribution in [0.25, 0.3) is 5.76 Å². The Morgan fingerprint density at radius 1 is 1.00 bits per heavy atom. The zero-order chi connectivity index (χ0) is 26.7. The normalized spacial score (nSPS) is 17.2. The van der Waals surface area contributed by atoms with Gasteiger partial charge in [-0.25, -0.2) is 0 Å². The number of Topliss-reactive ketones (excluding diaryl/α,β-unsaturated/α-hetero) is 1. The van der Waals surface area contributed by atoms with Crippen LogP contribution < -0.4 is 4.74 Å². The maximum absolute atomic E-state index is 13.4. The Bertz CT molecular complexity index is 1310. The molecular formula is C31H34N2O4. The number of benzene rings is 2. The van der Waals surface area contributed by atoms with Crippen molar-refractivity contribution in [3.05, 3.63) is 100 Å². The lowest BCUT2D eigenvalue weighted by Crippen LogP contribution is -2.29. The van der Waals surface area contributed by atoms with E-state index in [1.54, 1.807) is 30.6 Å². The summed E-state index contributed by atoms with van der Waals surface area (Å²) in [5.74, 6) is -0.0639. The van der Waals surface area contributed by atoms with E-state index in [4.69, 9.17) is 4.74 Å². The molecule has 6 heteroatoms. The predicted octanol–water partition coefficient (Wildman–Crippen LogP) is 6.17. The summed E-state index contributed by atoms with van der Waals surface area (Å²) < 4.78 is 5.87. The summed E-state index contributed by atoms with van der Waals surface area (Å²) in [6.07, 6.45) is 3.31. The Morgan fingerprint density at radius 3 is 2.27 bits per heavy atom. The van der Waals surface area contributed by atoms with Crippen molar-refractivity contribution in [1.29, 1.82) is 0 Å². The van der Waals surface area contributed by atoms with E-state index >= 15 is 0 Å². The number of aliphatic hydroxyl groups excluding tert-OH is 1. The quantitative estimate of drug-likeness (QED) is 0.228. The molecule has 1 unspecified atom stereocenters. The second-order valence-electron chi connectivity index (χ2n) is 10.3. The summed E-state index contributed by atoms with van der Waals surface area (Å²) in [5, 5.41) is 11.4. The van der Waals surface area contributed by atoms with Crippen LogP contribution in [0.5, 0.6) is 5.75 Å². The maximum Gasteiger partial charge on any atom is 0.295 e. The van der Waals surface area contributed by atoms with Gasteiger partial charge in [0.2, 0.25) is 0 Å². The zero-order valence-corrected chi connectivity index (χ0v) is 22.1. The molecular weight excluding hydrogens is 464 g/mol. The van der Waals surface area contributed by atoms with Gasteiger partial charge in [0, 0.05) is 24.5 Å². The molecule has 1 amide bonds. The van der Waals surface area contributed by atoms with Gasteiger partial charge < -0.3 is 14.7 Å². The van der Waals surface area contributed by atoms with Gasteiger partial charge in [0.15, 0.2) is 0 Å². The van der Waals surface area contributed by atoms with E-state index in [1.807, 2.05) is 43.3 Å². The lowest BCUT2D eigenvalue weighted by atomic mass is 9.93. The summed E-state index contributed by atoms with van der Waals surface area (Å²) in [6.45, 7) is 11.1. The smallest absolute Gasteiger partial charge is 0.295 e. The van der Waals surface area contributed by atoms with E-state index in [1.165, 1.54) is 4.90 Å². The molecule has 1 fully saturated rings. The number of hydrogen-bond donors (Lipinski definition) is 1. The van der Waals surface area contributed by atoms with Crippen LogP contribution in [0.3, 0.4) is 0 Å². The van der Waals surface area contributed by atoms with Crippen molar-refractivity contribution in [3.8, 4) is 5.75 Å². The highest BCUT2D eigenvalue weighted by Gasteiger charge is 2.46. The number of pyridine rings is 1. The molecule has 1 aliphatic heterocycles. The average molecular weight is 499 g/mol. The van der Waals surface area contributed by atoms with Crippen molar-refractivity contribution in [2.24, 2.45) is 5.92 Å². The fourth-order valence-corrected chi connectivity index (χ4v) is 4.51. The van der Waals surface area contributed by atoms with Gasteiger partial charge in [-0.3, -0.25) is 14.6 Å². The van der Waals surface area contributed by atoms with Crippen LogP contribution >= 0.6 is 0 Å². The van der Waals surface area contributed by atoms with Crippen LogP contribution in [0.15, 0.2) is 72.6 Å². The number of carbonyl (C=O) groups excluding carboxylic acids is 2. The minimum absolute atomic E-state index is 0.0894. The number of hydrogen-bond acceptors (Lipinski definition) is 5. The molecule has 1 saturated heterocycles. The fourth-order valence-electron chi connectivity index (χ4n) is 4.51. The fraction of sp³-hybridized carbons (Fsp3) is 0.323. The molecule has 2 aromatic carbocycles. The molecule has 1 N–H and O–H groups in total. The van der Waals surface area contributed by atoms with E-state index in [0.717, 1.165) is 28.0 Å². The Morgan fingerprint density at radius 2 is 1.68 bits per heavy atom. The zero-order valence-electron chi connectivity index (χ0n) is 22.1. The lowest BCUT2D eigenvalue weighted by Gasteiger charge is -2.26. The van der Waals surface area contributed by atoms with Crippen molar-refractivity contribution in [3.63, 3.8) is 0 Å². The number of aryl methyl sites for hydroxylation is 1. The molecule has 2 heterocycles. The standard InChI is InChI=1S/C31H34N2O4/c1-19(2)18-37-26-11-10-25(16-21(26)5)29(34)27-28(24-8-6-23(7-9-24)20(3)4)33(31(36)30(27)35)17-22-12-14-32-15-13-22/h6-16,19-20,28,34H,17-18H2,1-5H3/b29-27-. The molecule has 6 nitrogen and oxygen atoms in total. The molecule has 1 aromatic heterocycles. The van der Waals surface area contributed by atoms with Crippen molar-refractivity contribution in [2.75, 3.05) is 6.61 Å². The van der Waals surface area contributed by atoms with Gasteiger partial charge in [0.25, 0.3) is 11.7 Å². The highest BCUT2D eigenvalue weighted by molar-refractivity contribution is 6.46. The molecule has 3 aromatic rings. The Kier molecular flexibility index (Phi) is 7.77. The van der Waals surface area contributed by atoms with Crippen molar-refractivity contribution in [2.45, 2.75) is 53.1 Å². The van der Waals surface area contributed by atoms with Gasteiger partial charge in [-0.05, 0) is 71.3 Å². The number of rotatable bonds is 8. The topological polar surface area (TPSA) is 79.7 Å². The largest absolute Gasteiger partial charge is 0.507 e. The van der Waals surface area contributed by atoms with Gasteiger partial charge >= 0.3 is 0 Å². The third-order valence-corrected chi connectivity index (χ3v) is 6.58. The van der Waals surface area contributed by atoms with Crippen LogP contribution in [0.1, 0.15) is 67.5 Å². The van der Waals surface area contributed by atoms with Crippen LogP contribution in [0.4, 0.5) is 0 Å². The first-order valence-corrected chi connectivity index (χ1v) is 12.7. The predicted molar refractivity (Wildman–Crippen MR) is 144 cm³/mol. The molecule has 4 rings (SSSR count). The summed E-state index contributed by atoms with van der Waals surface area (Å²) >= 11 is 0. The molecule has 1 atom stereocenters. The van der Waals surface area contributed by atoms with Gasteiger partial charge in [0.1, 0.15) is 11.5 Å². The highest BCUT2D eigenvalue weighted by Crippen LogP contribution is 2.41. The van der Waals surface area contributed by atoms with Crippen molar-refractivity contribution < 1.29 is 19.4 Å². The van der Waals surface area contributed by atoms with Gasteiger partial charge in [-0.1, -0.05) is 52.0 Å². The van der Waals surface area contributed by atoms with E-state index in [2.05, 4.69) is 32.7 Å². The summed E-state index contributed by atoms with van der Waals surface area (Å²) in [5.41, 5.74) is 4.18. The molecule has 1 aliphatic rings. The average Bonchev–Trinajstić information content (AvgIpc) is 3.13. The van der Waals surface area contributed by atoms with Gasteiger partial charge in [0.05, 0.1) is 18.2 Å². The van der Waals surface area contributed by atoms with E-state index in [9.17, 15) is 14.7 Å². The summed E-state index contributed by atoms with van der Waals surface area (Å²) in [4.78, 5) is 32.2. The number of ketones is 1. The summed E-state index contributed by atoms with van der Waals surface area (Å²) in [7, 11) is 0. The van der Waals surface area contributed by atoms with E-state index < -0.39 is 17.7 Å². The number of ether oxygens (including phenoxy) is 1. The van der Waals surface area contributed by atoms with Crippen LogP contribution in [-0.2, 0) is 16.1 Å². The second-order valence-corrected chi connectivity index (χ2v) is 10.3. The first kappa shape index (κ1) is 26.1. The Labute approximate surface area is 218 Å². The number of nitrogens with zero attached hydrogens (tertiary/aromatic N) is 2. The van der Waals surface area contributed by atoms with Crippen molar-refractivity contribution >= 4 is 17.4 Å². The molecule has 0 spiro atoms. The molecule has 192 valence electrons. The van der Waals surface area contributed by atoms with Crippen LogP contribution in [-0.4, -0.2) is 33.3 Å². The summed E-state index contributed by atoms with van der Waals surface area (Å²) in [6, 6.07) is 16.1. The third kappa shape index (κ3) is 5.58. The monoisotopic (exact) mass is 498 g/mol. The van der Waals surface area contributed by atoms with Crippen LogP contribution in [0, 0.1) is 12.8 Å². The van der Waals surface area contributed by atoms with Crippen molar-refractivity contribution in [1.82, 2.24) is 9.88 Å². The number of aromatic nitrogens is 1. The molecule has 37 heavy (non-hydrogen) atoms. The third-order valence-electron chi connectivity index (χ3n) is 6.58. The Hall–Kier alpha value is -3.93. The molecule has 0 radical (unpaired) electrons. The minimum Gasteiger partial charge on any atom is -0.507 e. The number of amides is 1. The highest BCUT2D eigenvalue weighted by atomic mass is 16.5. The van der Waals surface area contributed by atoms with Gasteiger partial charge in [-0.15, -0.1) is 0 Å². The lowest BCUT2D eigenvalue weighted by molar-refractivity contribution is -0.140. The molecule has 0 saturated carbocycles. The van der Waals surface area contributed by atoms with E-state index in [-0.39, 0.29) is 17.9 Å². The molecule has 0 aliphatic carbocycles. The minimum atomic E-state index is -0.716. The number of likely N-dealkylation sites (tertiary alicyclic amines) is 1. The van der Waals surface area contributed by atoms with Crippen LogP contribution in [0.2, 0.25) is 0 Å². The Balaban J connectivity index is 1.79. The first-order chi connectivity index (χ1) is 17.7. The number of aliphatic hydroxyl groups is 1. The number of carbonyl (C=O) groups is 2. The second kappa shape index (κ2) is 11.0. The van der Waals surface area contributed by atoms with E-state index in [0.29, 0.717) is 24.0 Å². The first-order valence-electron chi connectivity index (χ1n) is 12.7. The maximum atomic E-state index is 13.4.